The summed E-state index contributed by atoms with van der Waals surface area (Å²) in [6, 6.07) is 13.8. The minimum absolute atomic E-state index is 0.0265. The Hall–Kier alpha value is -2.82. The quantitative estimate of drug-likeness (QED) is 0.757. The first-order valence-electron chi connectivity index (χ1n) is 8.16. The van der Waals surface area contributed by atoms with Gasteiger partial charge < -0.3 is 15.0 Å². The van der Waals surface area contributed by atoms with Crippen LogP contribution < -0.4 is 10.6 Å². The number of benzene rings is 1. The lowest BCUT2D eigenvalue weighted by atomic mass is 10.0. The fraction of sp³-hybridized carbons (Fsp3) is 0.263. The molecule has 0 aliphatic rings. The van der Waals surface area contributed by atoms with Gasteiger partial charge in [0.25, 0.3) is 0 Å². The number of aryl methyl sites for hydroxylation is 1. The van der Waals surface area contributed by atoms with E-state index in [4.69, 9.17) is 0 Å². The lowest BCUT2D eigenvalue weighted by Gasteiger charge is -2.16. The molecule has 0 spiro atoms. The van der Waals surface area contributed by atoms with Crippen LogP contribution in [0.2, 0.25) is 0 Å². The van der Waals surface area contributed by atoms with Crippen LogP contribution >= 0.6 is 0 Å². The van der Waals surface area contributed by atoms with Crippen molar-refractivity contribution in [3.8, 4) is 0 Å². The zero-order valence-electron chi connectivity index (χ0n) is 14.0. The standard InChI is InChI=1S/C19H22N4O/c1-14-7-3-4-8-17(14)15(2)21-19(24)20-11-10-16-13-23-12-6-5-9-18(23)22-16/h3-9,12-13,15H,10-11H2,1-2H3,(H2,20,21,24)/t15-/m1/s1. The molecule has 0 fully saturated rings. The smallest absolute Gasteiger partial charge is 0.315 e. The highest BCUT2D eigenvalue weighted by Gasteiger charge is 2.11. The van der Waals surface area contributed by atoms with Gasteiger partial charge in [-0.05, 0) is 37.1 Å². The fourth-order valence-electron chi connectivity index (χ4n) is 2.81. The van der Waals surface area contributed by atoms with Gasteiger partial charge in [-0.2, -0.15) is 0 Å². The van der Waals surface area contributed by atoms with Gasteiger partial charge in [-0.25, -0.2) is 9.78 Å². The van der Waals surface area contributed by atoms with Gasteiger partial charge in [-0.15, -0.1) is 0 Å². The number of rotatable bonds is 5. The molecule has 0 unspecified atom stereocenters. The molecule has 3 rings (SSSR count). The lowest BCUT2D eigenvalue weighted by molar-refractivity contribution is 0.238. The van der Waals surface area contributed by atoms with Gasteiger partial charge in [0, 0.05) is 25.4 Å². The Morgan fingerprint density at radius 2 is 2.00 bits per heavy atom. The lowest BCUT2D eigenvalue weighted by Crippen LogP contribution is -2.38. The molecule has 3 aromatic rings. The molecule has 0 aliphatic heterocycles. The minimum Gasteiger partial charge on any atom is -0.338 e. The third-order valence-electron chi connectivity index (χ3n) is 4.08. The van der Waals surface area contributed by atoms with E-state index in [1.807, 2.05) is 60.1 Å². The summed E-state index contributed by atoms with van der Waals surface area (Å²) < 4.78 is 1.98. The number of carbonyl (C=O) groups is 1. The Balaban J connectivity index is 1.49. The maximum absolute atomic E-state index is 12.1. The number of urea groups is 1. The van der Waals surface area contributed by atoms with E-state index in [1.165, 1.54) is 5.56 Å². The SMILES string of the molecule is Cc1ccccc1[C@@H](C)NC(=O)NCCc1cn2ccccc2n1. The number of hydrogen-bond donors (Lipinski definition) is 2. The van der Waals surface area contributed by atoms with Crippen LogP contribution in [0.4, 0.5) is 4.79 Å². The molecule has 2 aromatic heterocycles. The van der Waals surface area contributed by atoms with Crippen LogP contribution in [-0.4, -0.2) is 22.0 Å². The molecule has 24 heavy (non-hydrogen) atoms. The summed E-state index contributed by atoms with van der Waals surface area (Å²) in [5, 5.41) is 5.87. The van der Waals surface area contributed by atoms with E-state index >= 15 is 0 Å². The minimum atomic E-state index is -0.158. The van der Waals surface area contributed by atoms with Crippen LogP contribution in [0.3, 0.4) is 0 Å². The molecule has 2 heterocycles. The first-order valence-corrected chi connectivity index (χ1v) is 8.16. The number of aromatic nitrogens is 2. The average Bonchev–Trinajstić information content (AvgIpc) is 2.97. The van der Waals surface area contributed by atoms with Gasteiger partial charge in [-0.1, -0.05) is 30.3 Å². The van der Waals surface area contributed by atoms with E-state index in [2.05, 4.69) is 28.6 Å². The van der Waals surface area contributed by atoms with Crippen molar-refractivity contribution in [2.45, 2.75) is 26.3 Å². The zero-order valence-corrected chi connectivity index (χ0v) is 14.0. The Bertz CT molecular complexity index is 807. The van der Waals surface area contributed by atoms with Crippen LogP contribution in [0.25, 0.3) is 5.65 Å². The van der Waals surface area contributed by atoms with E-state index < -0.39 is 0 Å². The van der Waals surface area contributed by atoms with Crippen molar-refractivity contribution in [3.63, 3.8) is 0 Å². The van der Waals surface area contributed by atoms with E-state index in [-0.39, 0.29) is 12.1 Å². The van der Waals surface area contributed by atoms with Crippen LogP contribution in [0.15, 0.2) is 54.9 Å². The molecule has 1 aromatic carbocycles. The highest BCUT2D eigenvalue weighted by Crippen LogP contribution is 2.16. The summed E-state index contributed by atoms with van der Waals surface area (Å²) in [5.41, 5.74) is 4.20. The molecule has 5 heteroatoms. The second-order valence-electron chi connectivity index (χ2n) is 5.93. The van der Waals surface area contributed by atoms with Gasteiger partial charge in [-0.3, -0.25) is 0 Å². The van der Waals surface area contributed by atoms with Crippen molar-refractivity contribution in [3.05, 3.63) is 71.7 Å². The second-order valence-corrected chi connectivity index (χ2v) is 5.93. The monoisotopic (exact) mass is 322 g/mol. The third-order valence-corrected chi connectivity index (χ3v) is 4.08. The predicted octanol–water partition coefficient (Wildman–Crippen LogP) is 3.25. The van der Waals surface area contributed by atoms with E-state index in [0.29, 0.717) is 13.0 Å². The summed E-state index contributed by atoms with van der Waals surface area (Å²) >= 11 is 0. The van der Waals surface area contributed by atoms with Crippen molar-refractivity contribution >= 4 is 11.7 Å². The van der Waals surface area contributed by atoms with Crippen LogP contribution in [-0.2, 0) is 6.42 Å². The number of carbonyl (C=O) groups excluding carboxylic acids is 1. The van der Waals surface area contributed by atoms with E-state index in [0.717, 1.165) is 16.9 Å². The largest absolute Gasteiger partial charge is 0.338 e. The molecule has 5 nitrogen and oxygen atoms in total. The molecule has 0 aliphatic carbocycles. The molecule has 0 radical (unpaired) electrons. The second kappa shape index (κ2) is 7.17. The summed E-state index contributed by atoms with van der Waals surface area (Å²) in [7, 11) is 0. The normalized spacial score (nSPS) is 12.1. The molecule has 124 valence electrons. The predicted molar refractivity (Wildman–Crippen MR) is 95.0 cm³/mol. The molecule has 0 bridgehead atoms. The Morgan fingerprint density at radius 1 is 1.21 bits per heavy atom. The van der Waals surface area contributed by atoms with Gasteiger partial charge in [0.15, 0.2) is 0 Å². The number of nitrogens with zero attached hydrogens (tertiary/aromatic N) is 2. The van der Waals surface area contributed by atoms with Crippen molar-refractivity contribution in [1.82, 2.24) is 20.0 Å². The highest BCUT2D eigenvalue weighted by atomic mass is 16.2. The maximum atomic E-state index is 12.1. The molecule has 1 atom stereocenters. The number of nitrogens with one attached hydrogen (secondary N) is 2. The number of amides is 2. The van der Waals surface area contributed by atoms with Crippen LogP contribution in [0.5, 0.6) is 0 Å². The summed E-state index contributed by atoms with van der Waals surface area (Å²) in [5.74, 6) is 0. The van der Waals surface area contributed by atoms with Crippen LogP contribution in [0.1, 0.15) is 29.8 Å². The first-order chi connectivity index (χ1) is 11.6. The van der Waals surface area contributed by atoms with Gasteiger partial charge in [0.1, 0.15) is 5.65 Å². The van der Waals surface area contributed by atoms with E-state index in [9.17, 15) is 4.79 Å². The molecular weight excluding hydrogens is 300 g/mol. The van der Waals surface area contributed by atoms with Crippen molar-refractivity contribution in [1.29, 1.82) is 0 Å². The van der Waals surface area contributed by atoms with Crippen molar-refractivity contribution < 1.29 is 4.79 Å². The molecular formula is C19H22N4O. The summed E-state index contributed by atoms with van der Waals surface area (Å²) in [6.45, 7) is 4.59. The van der Waals surface area contributed by atoms with Gasteiger partial charge >= 0.3 is 6.03 Å². The molecule has 2 N–H and O–H groups in total. The Kier molecular flexibility index (Phi) is 4.79. The highest BCUT2D eigenvalue weighted by molar-refractivity contribution is 5.74. The maximum Gasteiger partial charge on any atom is 0.315 e. The molecule has 0 saturated carbocycles. The molecule has 0 saturated heterocycles. The Labute approximate surface area is 141 Å². The fourth-order valence-corrected chi connectivity index (χ4v) is 2.81. The van der Waals surface area contributed by atoms with Gasteiger partial charge in [0.05, 0.1) is 11.7 Å². The van der Waals surface area contributed by atoms with Crippen molar-refractivity contribution in [2.75, 3.05) is 6.54 Å². The molecule has 2 amide bonds. The van der Waals surface area contributed by atoms with Crippen LogP contribution in [0, 0.1) is 6.92 Å². The summed E-state index contributed by atoms with van der Waals surface area (Å²) in [4.78, 5) is 16.6. The topological polar surface area (TPSA) is 58.4 Å². The van der Waals surface area contributed by atoms with Crippen molar-refractivity contribution in [2.24, 2.45) is 0 Å². The van der Waals surface area contributed by atoms with E-state index in [1.54, 1.807) is 0 Å². The van der Waals surface area contributed by atoms with Gasteiger partial charge in [0.2, 0.25) is 0 Å². The number of fused-ring (bicyclic) bond motifs is 1. The average molecular weight is 322 g/mol. The first kappa shape index (κ1) is 16.1. The third kappa shape index (κ3) is 3.74. The summed E-state index contributed by atoms with van der Waals surface area (Å²) in [6.07, 6.45) is 4.66. The Morgan fingerprint density at radius 3 is 2.79 bits per heavy atom. The number of imidazole rings is 1. The number of hydrogen-bond acceptors (Lipinski definition) is 2. The zero-order chi connectivity index (χ0) is 16.9. The number of pyridine rings is 1.